The minimum atomic E-state index is -2.12. The maximum Gasteiger partial charge on any atom is 0.151 e. The van der Waals surface area contributed by atoms with Crippen LogP contribution in [-0.2, 0) is 23.9 Å². The lowest BCUT2D eigenvalue weighted by Gasteiger charge is -2.17. The molecule has 0 aliphatic heterocycles. The van der Waals surface area contributed by atoms with Gasteiger partial charge in [-0.25, -0.2) is 14.4 Å². The molecule has 0 aliphatic rings. The van der Waals surface area contributed by atoms with Crippen LogP contribution in [0.2, 0.25) is 0 Å². The summed E-state index contributed by atoms with van der Waals surface area (Å²) in [6, 6.07) is 0. The van der Waals surface area contributed by atoms with Gasteiger partial charge in [0.2, 0.25) is 0 Å². The molecule has 0 aliphatic carbocycles. The standard InChI is InChI=1S/C15H23NO5Si/c1-3-20-9-10-21-14-16(2)6-4-5-15(13-19)22(11-7-17)12-8-18/h11-12,22H,3-6,9-10,14H2,1-2H3. The lowest BCUT2D eigenvalue weighted by molar-refractivity contribution is 0.00491. The number of nitrogens with zero attached hydrogens (tertiary/aromatic N) is 1. The van der Waals surface area contributed by atoms with Crippen LogP contribution in [0.15, 0.2) is 16.6 Å². The maximum atomic E-state index is 11.0. The zero-order valence-corrected chi connectivity index (χ0v) is 14.3. The zero-order chi connectivity index (χ0) is 16.6. The van der Waals surface area contributed by atoms with Crippen molar-refractivity contribution in [3.8, 4) is 0 Å². The van der Waals surface area contributed by atoms with Crippen molar-refractivity contribution < 1.29 is 23.9 Å². The van der Waals surface area contributed by atoms with Gasteiger partial charge in [0.15, 0.2) is 8.80 Å². The van der Waals surface area contributed by atoms with Crippen molar-refractivity contribution in [2.24, 2.45) is 0 Å². The molecule has 0 N–H and O–H groups in total. The SMILES string of the molecule is CCOCCOCN(C)CCCC(=C=O)[SiH](C=C=O)C=C=O. The molecule has 6 nitrogen and oxygen atoms in total. The van der Waals surface area contributed by atoms with E-state index in [2.05, 4.69) is 0 Å². The average Bonchev–Trinajstić information content (AvgIpc) is 2.51. The first-order valence-corrected chi connectivity index (χ1v) is 9.10. The van der Waals surface area contributed by atoms with E-state index in [0.717, 1.165) is 13.0 Å². The monoisotopic (exact) mass is 325 g/mol. The van der Waals surface area contributed by atoms with Crippen LogP contribution >= 0.6 is 0 Å². The molecule has 0 heterocycles. The van der Waals surface area contributed by atoms with Gasteiger partial charge in [0.25, 0.3) is 0 Å². The third-order valence-corrected chi connectivity index (χ3v) is 5.10. The van der Waals surface area contributed by atoms with Crippen LogP contribution in [-0.4, -0.2) is 71.7 Å². The minimum absolute atomic E-state index is 0.483. The lowest BCUT2D eigenvalue weighted by Crippen LogP contribution is -2.24. The van der Waals surface area contributed by atoms with Crippen LogP contribution < -0.4 is 0 Å². The van der Waals surface area contributed by atoms with Gasteiger partial charge >= 0.3 is 0 Å². The number of hydrogen-bond acceptors (Lipinski definition) is 6. The summed E-state index contributed by atoms with van der Waals surface area (Å²) in [5.74, 6) is 5.15. The summed E-state index contributed by atoms with van der Waals surface area (Å²) in [5, 5.41) is 0.484. The molecule has 0 amide bonds. The lowest BCUT2D eigenvalue weighted by atomic mass is 10.3. The van der Waals surface area contributed by atoms with Crippen LogP contribution in [0.3, 0.4) is 0 Å². The van der Waals surface area contributed by atoms with Gasteiger partial charge in [-0.15, -0.1) is 0 Å². The summed E-state index contributed by atoms with van der Waals surface area (Å²) in [5.41, 5.74) is 2.51. The normalized spacial score (nSPS) is 11.2. The highest BCUT2D eigenvalue weighted by molar-refractivity contribution is 6.79. The smallest absolute Gasteiger partial charge is 0.151 e. The summed E-state index contributed by atoms with van der Waals surface area (Å²) in [7, 11) is -0.204. The molecule has 0 rings (SSSR count). The van der Waals surface area contributed by atoms with Crippen LogP contribution in [0.25, 0.3) is 0 Å². The van der Waals surface area contributed by atoms with E-state index >= 15 is 0 Å². The largest absolute Gasteiger partial charge is 0.379 e. The van der Waals surface area contributed by atoms with Gasteiger partial charge in [0.05, 0.1) is 19.9 Å². The number of allylic oxidation sites excluding steroid dienone is 1. The highest BCUT2D eigenvalue weighted by Crippen LogP contribution is 2.08. The van der Waals surface area contributed by atoms with Crippen molar-refractivity contribution in [2.75, 3.05) is 40.1 Å². The fraction of sp³-hybridized carbons (Fsp3) is 0.600. The molecule has 0 aromatic heterocycles. The van der Waals surface area contributed by atoms with Gasteiger partial charge < -0.3 is 9.47 Å². The molecule has 7 heteroatoms. The molecule has 0 spiro atoms. The van der Waals surface area contributed by atoms with Crippen molar-refractivity contribution >= 4 is 26.6 Å². The predicted octanol–water partition coefficient (Wildman–Crippen LogP) is 0.0873. The number of rotatable bonds is 13. The van der Waals surface area contributed by atoms with Gasteiger partial charge in [-0.1, -0.05) is 0 Å². The molecule has 0 atom stereocenters. The fourth-order valence-electron chi connectivity index (χ4n) is 1.77. The summed E-state index contributed by atoms with van der Waals surface area (Å²) in [4.78, 5) is 33.8. The highest BCUT2D eigenvalue weighted by Gasteiger charge is 2.13. The fourth-order valence-corrected chi connectivity index (χ4v) is 3.23. The molecule has 0 radical (unpaired) electrons. The van der Waals surface area contributed by atoms with E-state index in [1.165, 1.54) is 11.4 Å². The first-order chi connectivity index (χ1) is 10.7. The predicted molar refractivity (Wildman–Crippen MR) is 86.1 cm³/mol. The topological polar surface area (TPSA) is 72.9 Å². The first kappa shape index (κ1) is 20.4. The summed E-state index contributed by atoms with van der Waals surface area (Å²) in [6.45, 7) is 4.94. The molecule has 0 unspecified atom stereocenters. The second-order valence-electron chi connectivity index (χ2n) is 4.64. The number of hydrogen-bond donors (Lipinski definition) is 0. The van der Waals surface area contributed by atoms with Crippen molar-refractivity contribution in [2.45, 2.75) is 19.8 Å². The number of ether oxygens (including phenoxy) is 2. The van der Waals surface area contributed by atoms with Gasteiger partial charge in [-0.3, -0.25) is 4.90 Å². The van der Waals surface area contributed by atoms with Crippen molar-refractivity contribution in [3.05, 3.63) is 16.6 Å². The Morgan fingerprint density at radius 3 is 2.32 bits per heavy atom. The minimum Gasteiger partial charge on any atom is -0.379 e. The summed E-state index contributed by atoms with van der Waals surface area (Å²) in [6.07, 6.45) is 1.22. The molecule has 0 saturated carbocycles. The van der Waals surface area contributed by atoms with Crippen LogP contribution in [0.5, 0.6) is 0 Å². The Hall–Kier alpha value is -1.55. The van der Waals surface area contributed by atoms with E-state index in [0.29, 0.717) is 38.2 Å². The van der Waals surface area contributed by atoms with Gasteiger partial charge in [0.1, 0.15) is 17.8 Å². The van der Waals surface area contributed by atoms with E-state index in [9.17, 15) is 14.4 Å². The van der Waals surface area contributed by atoms with Gasteiger partial charge in [-0.05, 0) is 38.2 Å². The third-order valence-electron chi connectivity index (χ3n) is 2.90. The Morgan fingerprint density at radius 2 is 1.77 bits per heavy atom. The van der Waals surface area contributed by atoms with E-state index in [4.69, 9.17) is 9.47 Å². The second kappa shape index (κ2) is 14.4. The first-order valence-electron chi connectivity index (χ1n) is 7.19. The Kier molecular flexibility index (Phi) is 13.4. The van der Waals surface area contributed by atoms with Crippen LogP contribution in [0, 0.1) is 0 Å². The quantitative estimate of drug-likeness (QED) is 0.207. The second-order valence-corrected chi connectivity index (χ2v) is 7.05. The summed E-state index contributed by atoms with van der Waals surface area (Å²) < 4.78 is 10.6. The molecular formula is C15H23NO5Si. The molecular weight excluding hydrogens is 302 g/mol. The third kappa shape index (κ3) is 10.2. The molecule has 0 aromatic rings. The van der Waals surface area contributed by atoms with Gasteiger partial charge in [-0.2, -0.15) is 0 Å². The Bertz CT molecular complexity index is 431. The van der Waals surface area contributed by atoms with Crippen LogP contribution in [0.4, 0.5) is 0 Å². The Balaban J connectivity index is 4.07. The number of carbonyl (C=O) groups excluding carboxylic acids is 3. The van der Waals surface area contributed by atoms with Crippen LogP contribution in [0.1, 0.15) is 19.8 Å². The van der Waals surface area contributed by atoms with E-state index in [1.807, 2.05) is 24.8 Å². The van der Waals surface area contributed by atoms with Crippen molar-refractivity contribution in [3.63, 3.8) is 0 Å². The van der Waals surface area contributed by atoms with Gasteiger partial charge in [0, 0.05) is 18.3 Å². The molecule has 0 fully saturated rings. The zero-order valence-electron chi connectivity index (χ0n) is 13.2. The van der Waals surface area contributed by atoms with E-state index < -0.39 is 8.80 Å². The molecule has 0 bridgehead atoms. The van der Waals surface area contributed by atoms with E-state index in [1.54, 1.807) is 11.9 Å². The molecule has 0 aromatic carbocycles. The van der Waals surface area contributed by atoms with E-state index in [-0.39, 0.29) is 0 Å². The highest BCUT2D eigenvalue weighted by atomic mass is 28.3. The molecule has 122 valence electrons. The Morgan fingerprint density at radius 1 is 1.14 bits per heavy atom. The van der Waals surface area contributed by atoms with Crippen molar-refractivity contribution in [1.82, 2.24) is 4.90 Å². The Labute approximate surface area is 132 Å². The van der Waals surface area contributed by atoms with Crippen molar-refractivity contribution in [1.29, 1.82) is 0 Å². The maximum absolute atomic E-state index is 11.0. The molecule has 0 saturated heterocycles. The summed E-state index contributed by atoms with van der Waals surface area (Å²) >= 11 is 0. The molecule has 22 heavy (non-hydrogen) atoms. The average molecular weight is 325 g/mol.